The summed E-state index contributed by atoms with van der Waals surface area (Å²) in [5.41, 5.74) is 2.03. The van der Waals surface area contributed by atoms with Crippen molar-refractivity contribution < 1.29 is 14.7 Å². The Morgan fingerprint density at radius 3 is 2.19 bits per heavy atom. The molecule has 0 saturated heterocycles. The molecule has 0 spiro atoms. The molecule has 0 radical (unpaired) electrons. The molecule has 0 heterocycles. The first-order valence-electron chi connectivity index (χ1n) is 5.06. The zero-order valence-electron chi connectivity index (χ0n) is 9.31. The standard InChI is InChI=1S/C13H14O3/c1-9(2)11-6-3-10(4-7-11)5-8-12(14)13(15)16/h3-9H,1-2H3,(H,15,16). The Kier molecular flexibility index (Phi) is 4.00. The van der Waals surface area contributed by atoms with Gasteiger partial charge in [-0.15, -0.1) is 0 Å². The molecule has 3 nitrogen and oxygen atoms in total. The van der Waals surface area contributed by atoms with E-state index >= 15 is 0 Å². The van der Waals surface area contributed by atoms with Crippen molar-refractivity contribution in [3.05, 3.63) is 41.5 Å². The zero-order valence-corrected chi connectivity index (χ0v) is 9.31. The van der Waals surface area contributed by atoms with Crippen LogP contribution >= 0.6 is 0 Å². The number of carboxylic acid groups (broad SMARTS) is 1. The molecule has 0 fully saturated rings. The van der Waals surface area contributed by atoms with Gasteiger partial charge < -0.3 is 5.11 Å². The number of hydrogen-bond acceptors (Lipinski definition) is 2. The summed E-state index contributed by atoms with van der Waals surface area (Å²) in [6.07, 6.45) is 2.56. The van der Waals surface area contributed by atoms with Crippen molar-refractivity contribution in [1.82, 2.24) is 0 Å². The van der Waals surface area contributed by atoms with Gasteiger partial charge in [-0.1, -0.05) is 44.2 Å². The fraction of sp³-hybridized carbons (Fsp3) is 0.231. The Morgan fingerprint density at radius 2 is 1.75 bits per heavy atom. The molecular formula is C13H14O3. The molecular weight excluding hydrogens is 204 g/mol. The van der Waals surface area contributed by atoms with Gasteiger partial charge in [0.25, 0.3) is 5.78 Å². The maximum atomic E-state index is 10.8. The van der Waals surface area contributed by atoms with E-state index in [0.29, 0.717) is 5.92 Å². The number of aliphatic carboxylic acids is 1. The van der Waals surface area contributed by atoms with E-state index in [1.807, 2.05) is 24.3 Å². The molecule has 0 aliphatic heterocycles. The predicted octanol–water partition coefficient (Wildman–Crippen LogP) is 2.48. The van der Waals surface area contributed by atoms with Gasteiger partial charge in [-0.25, -0.2) is 4.79 Å². The summed E-state index contributed by atoms with van der Waals surface area (Å²) in [5.74, 6) is -1.89. The molecule has 84 valence electrons. The molecule has 0 saturated carbocycles. The van der Waals surface area contributed by atoms with Gasteiger partial charge >= 0.3 is 5.97 Å². The first-order chi connectivity index (χ1) is 7.50. The molecule has 0 atom stereocenters. The number of ketones is 1. The fourth-order valence-corrected chi connectivity index (χ4v) is 1.24. The van der Waals surface area contributed by atoms with E-state index in [-0.39, 0.29) is 0 Å². The second-order valence-electron chi connectivity index (χ2n) is 3.82. The molecule has 0 amide bonds. The van der Waals surface area contributed by atoms with Crippen LogP contribution in [-0.4, -0.2) is 16.9 Å². The van der Waals surface area contributed by atoms with E-state index in [9.17, 15) is 9.59 Å². The van der Waals surface area contributed by atoms with Crippen LogP contribution in [0.1, 0.15) is 30.9 Å². The van der Waals surface area contributed by atoms with Gasteiger partial charge in [0.05, 0.1) is 0 Å². The van der Waals surface area contributed by atoms with Crippen LogP contribution < -0.4 is 0 Å². The van der Waals surface area contributed by atoms with Gasteiger partial charge in [0.1, 0.15) is 0 Å². The summed E-state index contributed by atoms with van der Waals surface area (Å²) >= 11 is 0. The highest BCUT2D eigenvalue weighted by Crippen LogP contribution is 2.15. The van der Waals surface area contributed by atoms with Crippen molar-refractivity contribution in [2.45, 2.75) is 19.8 Å². The number of rotatable bonds is 4. The predicted molar refractivity (Wildman–Crippen MR) is 62.2 cm³/mol. The molecule has 1 rings (SSSR count). The molecule has 0 unspecified atom stereocenters. The Morgan fingerprint density at radius 1 is 1.19 bits per heavy atom. The summed E-state index contributed by atoms with van der Waals surface area (Å²) < 4.78 is 0. The fourth-order valence-electron chi connectivity index (χ4n) is 1.24. The normalized spacial score (nSPS) is 10.9. The highest BCUT2D eigenvalue weighted by Gasteiger charge is 2.05. The summed E-state index contributed by atoms with van der Waals surface area (Å²) in [6.45, 7) is 4.19. The lowest BCUT2D eigenvalue weighted by Crippen LogP contribution is -2.08. The Bertz CT molecular complexity index is 413. The van der Waals surface area contributed by atoms with Crippen LogP contribution in [0.3, 0.4) is 0 Å². The SMILES string of the molecule is CC(C)c1ccc(C=CC(=O)C(=O)O)cc1. The van der Waals surface area contributed by atoms with Crippen LogP contribution in [-0.2, 0) is 9.59 Å². The van der Waals surface area contributed by atoms with Crippen LogP contribution in [0.2, 0.25) is 0 Å². The van der Waals surface area contributed by atoms with Crippen LogP contribution in [0.25, 0.3) is 6.08 Å². The van der Waals surface area contributed by atoms with Gasteiger partial charge in [-0.2, -0.15) is 0 Å². The van der Waals surface area contributed by atoms with E-state index in [4.69, 9.17) is 5.11 Å². The molecule has 0 aliphatic carbocycles. The minimum Gasteiger partial charge on any atom is -0.475 e. The molecule has 0 aromatic heterocycles. The van der Waals surface area contributed by atoms with Gasteiger partial charge in [0.15, 0.2) is 0 Å². The van der Waals surface area contributed by atoms with Gasteiger partial charge in [0, 0.05) is 0 Å². The second kappa shape index (κ2) is 5.26. The molecule has 3 heteroatoms. The molecule has 0 bridgehead atoms. The Labute approximate surface area is 94.4 Å². The first-order valence-corrected chi connectivity index (χ1v) is 5.06. The third-order valence-corrected chi connectivity index (χ3v) is 2.24. The highest BCUT2D eigenvalue weighted by atomic mass is 16.4. The maximum Gasteiger partial charge on any atom is 0.376 e. The monoisotopic (exact) mass is 218 g/mol. The molecule has 1 N–H and O–H groups in total. The average molecular weight is 218 g/mol. The Balaban J connectivity index is 2.76. The van der Waals surface area contributed by atoms with Crippen LogP contribution in [0.4, 0.5) is 0 Å². The number of benzene rings is 1. The summed E-state index contributed by atoms with van der Waals surface area (Å²) in [6, 6.07) is 7.66. The van der Waals surface area contributed by atoms with Crippen molar-refractivity contribution in [2.75, 3.05) is 0 Å². The van der Waals surface area contributed by atoms with Gasteiger partial charge in [-0.3, -0.25) is 4.79 Å². The number of carbonyl (C=O) groups excluding carboxylic acids is 1. The first kappa shape index (κ1) is 12.2. The van der Waals surface area contributed by atoms with Crippen molar-refractivity contribution in [1.29, 1.82) is 0 Å². The lowest BCUT2D eigenvalue weighted by atomic mass is 10.0. The lowest BCUT2D eigenvalue weighted by molar-refractivity contribution is -0.146. The van der Waals surface area contributed by atoms with E-state index < -0.39 is 11.8 Å². The number of carboxylic acids is 1. The van der Waals surface area contributed by atoms with Crippen LogP contribution in [0.15, 0.2) is 30.3 Å². The van der Waals surface area contributed by atoms with E-state index in [1.54, 1.807) is 0 Å². The molecule has 1 aromatic carbocycles. The number of hydrogen-bond donors (Lipinski definition) is 1. The van der Waals surface area contributed by atoms with Gasteiger partial charge in [-0.05, 0) is 23.1 Å². The Hall–Kier alpha value is -1.90. The van der Waals surface area contributed by atoms with Crippen molar-refractivity contribution in [3.8, 4) is 0 Å². The molecule has 16 heavy (non-hydrogen) atoms. The minimum absolute atomic E-state index is 0.457. The van der Waals surface area contributed by atoms with Crippen molar-refractivity contribution in [3.63, 3.8) is 0 Å². The van der Waals surface area contributed by atoms with Crippen LogP contribution in [0, 0.1) is 0 Å². The van der Waals surface area contributed by atoms with Crippen molar-refractivity contribution >= 4 is 17.8 Å². The summed E-state index contributed by atoms with van der Waals surface area (Å²) in [4.78, 5) is 21.1. The third-order valence-electron chi connectivity index (χ3n) is 2.24. The smallest absolute Gasteiger partial charge is 0.376 e. The van der Waals surface area contributed by atoms with E-state index in [1.165, 1.54) is 11.6 Å². The van der Waals surface area contributed by atoms with Crippen molar-refractivity contribution in [2.24, 2.45) is 0 Å². The average Bonchev–Trinajstić information content (AvgIpc) is 2.26. The topological polar surface area (TPSA) is 54.4 Å². The second-order valence-corrected chi connectivity index (χ2v) is 3.82. The zero-order chi connectivity index (χ0) is 12.1. The minimum atomic E-state index is -1.44. The van der Waals surface area contributed by atoms with Gasteiger partial charge in [0.2, 0.25) is 0 Å². The highest BCUT2D eigenvalue weighted by molar-refractivity contribution is 6.38. The van der Waals surface area contributed by atoms with E-state index in [0.717, 1.165) is 11.6 Å². The third kappa shape index (κ3) is 3.35. The van der Waals surface area contributed by atoms with Crippen LogP contribution in [0.5, 0.6) is 0 Å². The molecule has 0 aliphatic rings. The summed E-state index contributed by atoms with van der Waals surface area (Å²) in [5, 5.41) is 8.38. The largest absolute Gasteiger partial charge is 0.475 e. The molecule has 1 aromatic rings. The quantitative estimate of drug-likeness (QED) is 0.624. The summed E-state index contributed by atoms with van der Waals surface area (Å²) in [7, 11) is 0. The number of carbonyl (C=O) groups is 2. The van der Waals surface area contributed by atoms with E-state index in [2.05, 4.69) is 13.8 Å². The lowest BCUT2D eigenvalue weighted by Gasteiger charge is -2.04. The maximum absolute atomic E-state index is 10.8.